The van der Waals surface area contributed by atoms with E-state index in [0.29, 0.717) is 25.1 Å². The highest BCUT2D eigenvalue weighted by Gasteiger charge is 2.39. The van der Waals surface area contributed by atoms with Crippen LogP contribution >= 0.6 is 0 Å². The first-order chi connectivity index (χ1) is 11.2. The second kappa shape index (κ2) is 7.34. The number of aliphatic hydroxyl groups excluding tert-OH is 1. The molecule has 1 N–H and O–H groups in total. The molecule has 7 heteroatoms. The van der Waals surface area contributed by atoms with Crippen molar-refractivity contribution in [3.8, 4) is 0 Å². The molecule has 0 bridgehead atoms. The van der Waals surface area contributed by atoms with Crippen LogP contribution in [0.15, 0.2) is 12.5 Å². The molecule has 1 fully saturated rings. The first kappa shape index (κ1) is 18.4. The Kier molecular flexibility index (Phi) is 5.64. The average molecular weight is 337 g/mol. The van der Waals surface area contributed by atoms with Gasteiger partial charge in [0.25, 0.3) is 0 Å². The number of aliphatic hydroxyl groups is 1. The van der Waals surface area contributed by atoms with Crippen LogP contribution in [0.5, 0.6) is 0 Å². The molecule has 2 rings (SSSR count). The Morgan fingerprint density at radius 3 is 2.83 bits per heavy atom. The fourth-order valence-corrected chi connectivity index (χ4v) is 2.81. The van der Waals surface area contributed by atoms with E-state index in [1.54, 1.807) is 33.3 Å². The monoisotopic (exact) mass is 337 g/mol. The van der Waals surface area contributed by atoms with Crippen molar-refractivity contribution in [1.82, 2.24) is 14.5 Å². The molecule has 1 aliphatic rings. The zero-order valence-electron chi connectivity index (χ0n) is 14.9. The van der Waals surface area contributed by atoms with Crippen molar-refractivity contribution in [2.75, 3.05) is 6.54 Å². The predicted octanol–water partition coefficient (Wildman–Crippen LogP) is 2.50. The number of piperidine rings is 1. The highest BCUT2D eigenvalue weighted by molar-refractivity contribution is 5.94. The van der Waals surface area contributed by atoms with Crippen molar-refractivity contribution in [2.45, 2.75) is 65.2 Å². The third-order valence-electron chi connectivity index (χ3n) is 3.91. The number of hydrogen-bond donors (Lipinski definition) is 1. The largest absolute Gasteiger partial charge is 0.443 e. The molecule has 0 spiro atoms. The molecule has 2 unspecified atom stereocenters. The molecule has 2 heterocycles. The lowest BCUT2D eigenvalue weighted by molar-refractivity contribution is -0.142. The fraction of sp³-hybridized carbons (Fsp3) is 0.706. The highest BCUT2D eigenvalue weighted by atomic mass is 16.6. The van der Waals surface area contributed by atoms with Crippen molar-refractivity contribution in [2.24, 2.45) is 5.92 Å². The normalized spacial score (nSPS) is 20.1. The van der Waals surface area contributed by atoms with Gasteiger partial charge >= 0.3 is 6.09 Å². The number of amides is 2. The lowest BCUT2D eigenvalue weighted by atomic mass is 9.90. The van der Waals surface area contributed by atoms with E-state index in [2.05, 4.69) is 11.9 Å². The van der Waals surface area contributed by atoms with Crippen LogP contribution in [0, 0.1) is 5.92 Å². The second-order valence-electron chi connectivity index (χ2n) is 7.20. The molecule has 2 atom stereocenters. The van der Waals surface area contributed by atoms with Crippen LogP contribution < -0.4 is 0 Å². The lowest BCUT2D eigenvalue weighted by Crippen LogP contribution is -2.48. The number of imidazole rings is 1. The Hall–Kier alpha value is -1.89. The summed E-state index contributed by atoms with van der Waals surface area (Å²) in [6, 6.07) is 0. The zero-order valence-corrected chi connectivity index (χ0v) is 14.9. The summed E-state index contributed by atoms with van der Waals surface area (Å²) in [5.41, 5.74) is -0.199. The Morgan fingerprint density at radius 1 is 1.50 bits per heavy atom. The number of hydrogen-bond acceptors (Lipinski definition) is 5. The average Bonchev–Trinajstić information content (AvgIpc) is 2.94. The number of imide groups is 1. The molecular weight excluding hydrogens is 310 g/mol. The first-order valence-corrected chi connectivity index (χ1v) is 8.47. The van der Waals surface area contributed by atoms with Gasteiger partial charge in [-0.15, -0.1) is 0 Å². The summed E-state index contributed by atoms with van der Waals surface area (Å²) in [6.07, 6.45) is 3.87. The van der Waals surface area contributed by atoms with Gasteiger partial charge in [0, 0.05) is 19.3 Å². The van der Waals surface area contributed by atoms with Crippen LogP contribution in [0.3, 0.4) is 0 Å². The third-order valence-corrected chi connectivity index (χ3v) is 3.91. The zero-order chi connectivity index (χ0) is 17.9. The van der Waals surface area contributed by atoms with Gasteiger partial charge in [-0.2, -0.15) is 0 Å². The van der Waals surface area contributed by atoms with Crippen LogP contribution in [0.4, 0.5) is 4.79 Å². The van der Waals surface area contributed by atoms with Gasteiger partial charge in [0.15, 0.2) is 0 Å². The van der Waals surface area contributed by atoms with E-state index < -0.39 is 29.6 Å². The number of likely N-dealkylation sites (tertiary alicyclic amines) is 1. The van der Waals surface area contributed by atoms with Crippen molar-refractivity contribution in [3.63, 3.8) is 0 Å². The van der Waals surface area contributed by atoms with Crippen LogP contribution in [0.2, 0.25) is 0 Å². The number of rotatable bonds is 4. The number of aromatic nitrogens is 2. The summed E-state index contributed by atoms with van der Waals surface area (Å²) >= 11 is 0. The fourth-order valence-electron chi connectivity index (χ4n) is 2.81. The molecular formula is C17H27N3O4. The topological polar surface area (TPSA) is 84.7 Å². The number of carbonyl (C=O) groups excluding carboxylic acids is 2. The Morgan fingerprint density at radius 2 is 2.21 bits per heavy atom. The lowest BCUT2D eigenvalue weighted by Gasteiger charge is -2.33. The maximum atomic E-state index is 12.6. The molecule has 0 saturated carbocycles. The molecule has 2 amide bonds. The second-order valence-corrected chi connectivity index (χ2v) is 7.20. The molecule has 24 heavy (non-hydrogen) atoms. The summed E-state index contributed by atoms with van der Waals surface area (Å²) in [4.78, 5) is 30.1. The summed E-state index contributed by atoms with van der Waals surface area (Å²) in [5.74, 6) is -1.07. The molecule has 1 aromatic rings. The number of carbonyl (C=O) groups is 2. The quantitative estimate of drug-likeness (QED) is 0.912. The van der Waals surface area contributed by atoms with E-state index in [0.717, 1.165) is 17.9 Å². The molecule has 0 radical (unpaired) electrons. The summed E-state index contributed by atoms with van der Waals surface area (Å²) in [7, 11) is 0. The minimum Gasteiger partial charge on any atom is -0.443 e. The van der Waals surface area contributed by atoms with Crippen LogP contribution in [0.1, 0.15) is 58.8 Å². The molecule has 0 aromatic carbocycles. The number of nitrogens with zero attached hydrogens (tertiary/aromatic N) is 3. The molecule has 1 aromatic heterocycles. The van der Waals surface area contributed by atoms with Gasteiger partial charge < -0.3 is 14.4 Å². The van der Waals surface area contributed by atoms with Crippen molar-refractivity contribution in [3.05, 3.63) is 18.2 Å². The third kappa shape index (κ3) is 4.35. The Balaban J connectivity index is 2.09. The number of aryl methyl sites for hydroxylation is 1. The van der Waals surface area contributed by atoms with Crippen molar-refractivity contribution < 1.29 is 19.4 Å². The van der Waals surface area contributed by atoms with E-state index in [4.69, 9.17) is 4.74 Å². The maximum Gasteiger partial charge on any atom is 0.417 e. The summed E-state index contributed by atoms with van der Waals surface area (Å²) in [5, 5.41) is 10.6. The highest BCUT2D eigenvalue weighted by Crippen LogP contribution is 2.30. The van der Waals surface area contributed by atoms with E-state index in [1.165, 1.54) is 0 Å². The standard InChI is InChI=1S/C17H27N3O4/c1-5-8-19-10-13(18-11-19)14(21)12-7-6-9-20(15(12)22)16(23)24-17(2,3)4/h10-12,14,21H,5-9H2,1-4H3. The molecule has 134 valence electrons. The molecule has 1 aliphatic heterocycles. The summed E-state index contributed by atoms with van der Waals surface area (Å²) < 4.78 is 7.17. The number of ether oxygens (including phenoxy) is 1. The van der Waals surface area contributed by atoms with Gasteiger partial charge in [0.2, 0.25) is 5.91 Å². The van der Waals surface area contributed by atoms with Gasteiger partial charge in [0.05, 0.1) is 17.9 Å². The SMILES string of the molecule is CCCn1cnc(C(O)C2CCCN(C(=O)OC(C)(C)C)C2=O)c1. The molecule has 1 saturated heterocycles. The Labute approximate surface area is 142 Å². The van der Waals surface area contributed by atoms with Crippen LogP contribution in [-0.4, -0.2) is 43.7 Å². The minimum atomic E-state index is -1.01. The van der Waals surface area contributed by atoms with Gasteiger partial charge in [-0.25, -0.2) is 14.7 Å². The van der Waals surface area contributed by atoms with E-state index in [-0.39, 0.29) is 0 Å². The van der Waals surface area contributed by atoms with E-state index in [9.17, 15) is 14.7 Å². The van der Waals surface area contributed by atoms with Crippen molar-refractivity contribution in [1.29, 1.82) is 0 Å². The maximum absolute atomic E-state index is 12.6. The van der Waals surface area contributed by atoms with E-state index in [1.807, 2.05) is 4.57 Å². The first-order valence-electron chi connectivity index (χ1n) is 8.47. The van der Waals surface area contributed by atoms with Gasteiger partial charge in [-0.1, -0.05) is 6.92 Å². The van der Waals surface area contributed by atoms with Crippen LogP contribution in [0.25, 0.3) is 0 Å². The molecule has 0 aliphatic carbocycles. The minimum absolute atomic E-state index is 0.321. The van der Waals surface area contributed by atoms with E-state index >= 15 is 0 Å². The molecule has 7 nitrogen and oxygen atoms in total. The summed E-state index contributed by atoms with van der Waals surface area (Å²) in [6.45, 7) is 8.45. The Bertz CT molecular complexity index is 591. The van der Waals surface area contributed by atoms with Gasteiger partial charge in [-0.05, 0) is 40.0 Å². The smallest absolute Gasteiger partial charge is 0.417 e. The van der Waals surface area contributed by atoms with Crippen LogP contribution in [-0.2, 0) is 16.1 Å². The predicted molar refractivity (Wildman–Crippen MR) is 88.1 cm³/mol. The van der Waals surface area contributed by atoms with Crippen molar-refractivity contribution >= 4 is 12.0 Å². The van der Waals surface area contributed by atoms with Gasteiger partial charge in [0.1, 0.15) is 11.7 Å². The van der Waals surface area contributed by atoms with Gasteiger partial charge in [-0.3, -0.25) is 4.79 Å².